The molecule has 0 spiro atoms. The Balaban J connectivity index is 1.85. The van der Waals surface area contributed by atoms with Gasteiger partial charge in [-0.2, -0.15) is 5.90 Å². The molecule has 0 aliphatic carbocycles. The Hall–Kier alpha value is -3.01. The highest BCUT2D eigenvalue weighted by molar-refractivity contribution is 7.69. The smallest absolute Gasteiger partial charge is 0.356 e. The molecule has 0 amide bonds. The van der Waals surface area contributed by atoms with E-state index in [1.54, 1.807) is 0 Å². The van der Waals surface area contributed by atoms with E-state index in [9.17, 15) is 9.59 Å². The molecular formula is C20H16NO4P. The Morgan fingerprint density at radius 3 is 1.50 bits per heavy atom. The van der Waals surface area contributed by atoms with Crippen molar-refractivity contribution >= 4 is 30.7 Å². The molecule has 3 aromatic rings. The summed E-state index contributed by atoms with van der Waals surface area (Å²) in [6, 6.07) is 25.2. The van der Waals surface area contributed by atoms with Crippen LogP contribution in [-0.2, 0) is 9.36 Å². The molecule has 3 rings (SSSR count). The third-order valence-electron chi connectivity index (χ3n) is 3.62. The zero-order valence-electron chi connectivity index (χ0n) is 13.7. The standard InChI is InChI=1S/C20H16NO4P/c21-24-19(22)15-11-13-16(14-12-15)20(23)25-26(17-7-3-1-4-8-17)18-9-5-2-6-10-18/h1-14H,21H2. The van der Waals surface area contributed by atoms with E-state index in [-0.39, 0.29) is 5.56 Å². The fourth-order valence-corrected chi connectivity index (χ4v) is 3.99. The minimum absolute atomic E-state index is 0.262. The second kappa shape index (κ2) is 8.39. The molecule has 2 N–H and O–H groups in total. The minimum atomic E-state index is -1.30. The monoisotopic (exact) mass is 365 g/mol. The minimum Gasteiger partial charge on any atom is -0.431 e. The molecule has 0 saturated heterocycles. The van der Waals surface area contributed by atoms with Crippen molar-refractivity contribution in [2.75, 3.05) is 0 Å². The van der Waals surface area contributed by atoms with Crippen LogP contribution in [0.15, 0.2) is 84.9 Å². The second-order valence-electron chi connectivity index (χ2n) is 5.33. The molecule has 6 heteroatoms. The van der Waals surface area contributed by atoms with Crippen molar-refractivity contribution in [2.45, 2.75) is 0 Å². The highest BCUT2D eigenvalue weighted by Gasteiger charge is 2.21. The third-order valence-corrected chi connectivity index (χ3v) is 5.50. The van der Waals surface area contributed by atoms with Gasteiger partial charge in [-0.1, -0.05) is 60.7 Å². The van der Waals surface area contributed by atoms with Crippen molar-refractivity contribution in [3.63, 3.8) is 0 Å². The highest BCUT2D eigenvalue weighted by Crippen LogP contribution is 2.35. The Morgan fingerprint density at radius 2 is 1.08 bits per heavy atom. The largest absolute Gasteiger partial charge is 0.431 e. The van der Waals surface area contributed by atoms with Crippen LogP contribution in [0.25, 0.3) is 0 Å². The van der Waals surface area contributed by atoms with Crippen LogP contribution in [0.4, 0.5) is 0 Å². The van der Waals surface area contributed by atoms with E-state index in [1.165, 1.54) is 24.3 Å². The maximum absolute atomic E-state index is 12.6. The third kappa shape index (κ3) is 4.14. The van der Waals surface area contributed by atoms with Gasteiger partial charge < -0.3 is 9.36 Å². The van der Waals surface area contributed by atoms with E-state index >= 15 is 0 Å². The average molecular weight is 365 g/mol. The number of carbonyl (C=O) groups excluding carboxylic acids is 2. The first-order valence-electron chi connectivity index (χ1n) is 7.82. The van der Waals surface area contributed by atoms with E-state index < -0.39 is 20.1 Å². The highest BCUT2D eigenvalue weighted by atomic mass is 31.1. The molecule has 0 aliphatic heterocycles. The molecule has 0 unspecified atom stereocenters. The van der Waals surface area contributed by atoms with Gasteiger partial charge in [0.15, 0.2) is 8.15 Å². The summed E-state index contributed by atoms with van der Waals surface area (Å²) < 4.78 is 5.82. The van der Waals surface area contributed by atoms with Crippen LogP contribution in [0.2, 0.25) is 0 Å². The number of rotatable bonds is 5. The van der Waals surface area contributed by atoms with Gasteiger partial charge in [0.2, 0.25) is 0 Å². The summed E-state index contributed by atoms with van der Waals surface area (Å²) in [4.78, 5) is 28.2. The topological polar surface area (TPSA) is 78.6 Å². The Morgan fingerprint density at radius 1 is 0.654 bits per heavy atom. The Bertz CT molecular complexity index is 843. The van der Waals surface area contributed by atoms with E-state index in [0.717, 1.165) is 10.6 Å². The molecule has 26 heavy (non-hydrogen) atoms. The molecule has 0 aromatic heterocycles. The number of hydrogen-bond donors (Lipinski definition) is 1. The van der Waals surface area contributed by atoms with Gasteiger partial charge in [0.1, 0.15) is 0 Å². The fraction of sp³-hybridized carbons (Fsp3) is 0. The van der Waals surface area contributed by atoms with Crippen molar-refractivity contribution < 1.29 is 19.0 Å². The quantitative estimate of drug-likeness (QED) is 0.556. The van der Waals surface area contributed by atoms with Gasteiger partial charge in [0, 0.05) is 10.6 Å². The molecule has 5 nitrogen and oxygen atoms in total. The molecule has 0 radical (unpaired) electrons. The van der Waals surface area contributed by atoms with E-state index in [0.29, 0.717) is 5.56 Å². The predicted octanol–water partition coefficient (Wildman–Crippen LogP) is 2.92. The predicted molar refractivity (Wildman–Crippen MR) is 101 cm³/mol. The first-order valence-corrected chi connectivity index (χ1v) is 9.08. The normalized spacial score (nSPS) is 10.4. The summed E-state index contributed by atoms with van der Waals surface area (Å²) in [5.41, 5.74) is 0.607. The molecular weight excluding hydrogens is 349 g/mol. The summed E-state index contributed by atoms with van der Waals surface area (Å²) in [7, 11) is -1.30. The van der Waals surface area contributed by atoms with Gasteiger partial charge in [-0.3, -0.25) is 0 Å². The van der Waals surface area contributed by atoms with Crippen LogP contribution >= 0.6 is 8.15 Å². The van der Waals surface area contributed by atoms with Crippen molar-refractivity contribution in [3.8, 4) is 0 Å². The molecule has 0 atom stereocenters. The van der Waals surface area contributed by atoms with Crippen LogP contribution < -0.4 is 16.5 Å². The average Bonchev–Trinajstić information content (AvgIpc) is 2.72. The summed E-state index contributed by atoms with van der Waals surface area (Å²) in [6.45, 7) is 0. The van der Waals surface area contributed by atoms with Crippen molar-refractivity contribution in [1.29, 1.82) is 0 Å². The van der Waals surface area contributed by atoms with E-state index in [2.05, 4.69) is 4.84 Å². The van der Waals surface area contributed by atoms with Crippen LogP contribution in [0.1, 0.15) is 20.7 Å². The Kier molecular flexibility index (Phi) is 5.74. The molecule has 3 aromatic carbocycles. The number of nitrogens with two attached hydrogens (primary N) is 1. The maximum atomic E-state index is 12.6. The number of carbonyl (C=O) groups is 2. The van der Waals surface area contributed by atoms with Crippen molar-refractivity contribution in [3.05, 3.63) is 96.1 Å². The zero-order chi connectivity index (χ0) is 18.4. The van der Waals surface area contributed by atoms with Gasteiger partial charge >= 0.3 is 11.9 Å². The number of benzene rings is 3. The van der Waals surface area contributed by atoms with Crippen LogP contribution in [0, 0.1) is 0 Å². The zero-order valence-corrected chi connectivity index (χ0v) is 14.6. The van der Waals surface area contributed by atoms with Crippen molar-refractivity contribution in [2.24, 2.45) is 5.90 Å². The van der Waals surface area contributed by atoms with Crippen LogP contribution in [0.3, 0.4) is 0 Å². The molecule has 0 bridgehead atoms. The lowest BCUT2D eigenvalue weighted by atomic mass is 10.1. The second-order valence-corrected chi connectivity index (χ2v) is 7.13. The summed E-state index contributed by atoms with van der Waals surface area (Å²) in [5, 5.41) is 1.87. The first kappa shape index (κ1) is 17.8. The summed E-state index contributed by atoms with van der Waals surface area (Å²) in [5.74, 6) is 3.73. The SMILES string of the molecule is NOC(=O)c1ccc(C(=O)OP(c2ccccc2)c2ccccc2)cc1. The van der Waals surface area contributed by atoms with E-state index in [1.807, 2.05) is 60.7 Å². The van der Waals surface area contributed by atoms with Gasteiger partial charge in [-0.25, -0.2) is 9.59 Å². The molecule has 0 fully saturated rings. The van der Waals surface area contributed by atoms with Gasteiger partial charge in [0.05, 0.1) is 11.1 Å². The lowest BCUT2D eigenvalue weighted by molar-refractivity contribution is 0.0502. The Labute approximate surface area is 152 Å². The van der Waals surface area contributed by atoms with Gasteiger partial charge in [-0.15, -0.1) is 0 Å². The van der Waals surface area contributed by atoms with Crippen LogP contribution in [-0.4, -0.2) is 11.9 Å². The van der Waals surface area contributed by atoms with Gasteiger partial charge in [0.25, 0.3) is 0 Å². The molecule has 0 saturated carbocycles. The lowest BCUT2D eigenvalue weighted by Crippen LogP contribution is -2.17. The molecule has 130 valence electrons. The molecule has 0 heterocycles. The maximum Gasteiger partial charge on any atom is 0.356 e. The summed E-state index contributed by atoms with van der Waals surface area (Å²) in [6.07, 6.45) is 0. The van der Waals surface area contributed by atoms with E-state index in [4.69, 9.17) is 10.4 Å². The van der Waals surface area contributed by atoms with Crippen LogP contribution in [0.5, 0.6) is 0 Å². The molecule has 0 aliphatic rings. The summed E-state index contributed by atoms with van der Waals surface area (Å²) >= 11 is 0. The fourth-order valence-electron chi connectivity index (χ4n) is 2.33. The first-order chi connectivity index (χ1) is 12.7. The number of hydrogen-bond acceptors (Lipinski definition) is 5. The van der Waals surface area contributed by atoms with Crippen molar-refractivity contribution in [1.82, 2.24) is 0 Å². The lowest BCUT2D eigenvalue weighted by Gasteiger charge is -2.18. The van der Waals surface area contributed by atoms with Gasteiger partial charge in [-0.05, 0) is 24.3 Å².